The number of aromatic hydroxyl groups is 1. The molecule has 3 aliphatic rings. The van der Waals surface area contributed by atoms with Crippen molar-refractivity contribution in [1.29, 1.82) is 0 Å². The molecular weight excluding hydrogens is 402 g/mol. The Morgan fingerprint density at radius 1 is 1.05 bits per heavy atom. The summed E-state index contributed by atoms with van der Waals surface area (Å²) in [5, 5.41) is 9.59. The van der Waals surface area contributed by atoms with E-state index >= 15 is 0 Å². The Labute approximate surface area is 138 Å². The van der Waals surface area contributed by atoms with Gasteiger partial charge in [0.1, 0.15) is 5.75 Å². The van der Waals surface area contributed by atoms with Gasteiger partial charge in [-0.05, 0) is 30.4 Å². The second-order valence-corrected chi connectivity index (χ2v) is 8.15. The molecule has 1 saturated heterocycles. The molecule has 0 radical (unpaired) electrons. The number of imide groups is 1. The summed E-state index contributed by atoms with van der Waals surface area (Å²) in [6, 6.07) is 6.34. The van der Waals surface area contributed by atoms with Gasteiger partial charge in [0.25, 0.3) is 0 Å². The van der Waals surface area contributed by atoms with Crippen LogP contribution in [-0.4, -0.2) is 26.6 Å². The molecule has 1 heterocycles. The number of anilines is 1. The highest BCUT2D eigenvalue weighted by Crippen LogP contribution is 2.60. The van der Waals surface area contributed by atoms with Gasteiger partial charge in [-0.1, -0.05) is 37.9 Å². The Hall–Kier alpha value is -0.880. The van der Waals surface area contributed by atoms with Gasteiger partial charge in [0.05, 0.1) is 17.5 Å². The number of halogens is 2. The largest absolute Gasteiger partial charge is 0.508 e. The summed E-state index contributed by atoms with van der Waals surface area (Å²) >= 11 is 7.33. The molecule has 4 rings (SSSR count). The first-order chi connectivity index (χ1) is 10.0. The molecule has 0 spiro atoms. The van der Waals surface area contributed by atoms with E-state index in [9.17, 15) is 14.7 Å². The number of hydrogen-bond acceptors (Lipinski definition) is 3. The number of alkyl halides is 2. The maximum atomic E-state index is 12.7. The summed E-state index contributed by atoms with van der Waals surface area (Å²) in [4.78, 5) is 27.2. The lowest BCUT2D eigenvalue weighted by Crippen LogP contribution is -2.37. The molecule has 4 nitrogen and oxygen atoms in total. The number of fused-ring (bicyclic) bond motifs is 5. The Morgan fingerprint density at radius 2 is 1.62 bits per heavy atom. The standard InChI is InChI=1S/C15H13Br2NO3/c16-12-8-5-9(13(12)17)11-10(8)14(20)18(15(11)21)6-2-1-3-7(19)4-6/h1-4,8-13,19H,5H2/t8-,9+,10+,11-,12+,13-. The fourth-order valence-electron chi connectivity index (χ4n) is 4.24. The lowest BCUT2D eigenvalue weighted by atomic mass is 9.81. The van der Waals surface area contributed by atoms with E-state index in [0.29, 0.717) is 5.69 Å². The third kappa shape index (κ3) is 1.72. The Bertz CT molecular complexity index is 618. The number of rotatable bonds is 1. The van der Waals surface area contributed by atoms with E-state index in [2.05, 4.69) is 31.9 Å². The van der Waals surface area contributed by atoms with Gasteiger partial charge in [-0.25, -0.2) is 4.90 Å². The zero-order valence-corrected chi connectivity index (χ0v) is 14.1. The van der Waals surface area contributed by atoms with E-state index in [1.54, 1.807) is 12.1 Å². The molecule has 2 amide bonds. The summed E-state index contributed by atoms with van der Waals surface area (Å²) in [7, 11) is 0. The van der Waals surface area contributed by atoms with E-state index < -0.39 is 0 Å². The average Bonchev–Trinajstić information content (AvgIpc) is 3.04. The van der Waals surface area contributed by atoms with Crippen LogP contribution in [0.3, 0.4) is 0 Å². The number of nitrogens with zero attached hydrogens (tertiary/aromatic N) is 1. The van der Waals surface area contributed by atoms with E-state index in [0.717, 1.165) is 6.42 Å². The van der Waals surface area contributed by atoms with Gasteiger partial charge in [0, 0.05) is 15.7 Å². The van der Waals surface area contributed by atoms with E-state index in [1.807, 2.05) is 0 Å². The first-order valence-corrected chi connectivity index (χ1v) is 8.79. The molecule has 2 aliphatic carbocycles. The van der Waals surface area contributed by atoms with Crippen LogP contribution in [0.4, 0.5) is 5.69 Å². The molecule has 1 aliphatic heterocycles. The minimum atomic E-state index is -0.219. The van der Waals surface area contributed by atoms with Crippen molar-refractivity contribution in [2.45, 2.75) is 16.1 Å². The summed E-state index contributed by atoms with van der Waals surface area (Å²) in [6.45, 7) is 0. The van der Waals surface area contributed by atoms with Gasteiger partial charge >= 0.3 is 0 Å². The van der Waals surface area contributed by atoms with E-state index in [4.69, 9.17) is 0 Å². The second-order valence-electron chi connectivity index (χ2n) is 6.04. The SMILES string of the molecule is O=C1[C@@H]2[C@@H]3C[C@@H]([C@H](Br)[C@@H]3Br)[C@@H]2C(=O)N1c1cccc(O)c1. The monoisotopic (exact) mass is 413 g/mol. The molecular formula is C15H13Br2NO3. The highest BCUT2D eigenvalue weighted by atomic mass is 79.9. The predicted molar refractivity (Wildman–Crippen MR) is 84.6 cm³/mol. The van der Waals surface area contributed by atoms with Crippen molar-refractivity contribution in [1.82, 2.24) is 0 Å². The van der Waals surface area contributed by atoms with Crippen molar-refractivity contribution in [3.8, 4) is 5.75 Å². The normalized spacial score (nSPS) is 41.0. The quantitative estimate of drug-likeness (QED) is 0.567. The number of carbonyl (C=O) groups is 2. The van der Waals surface area contributed by atoms with Crippen molar-refractivity contribution in [2.24, 2.45) is 23.7 Å². The van der Waals surface area contributed by atoms with Crippen molar-refractivity contribution in [3.05, 3.63) is 24.3 Å². The third-order valence-electron chi connectivity index (χ3n) is 5.08. The molecule has 1 aromatic rings. The van der Waals surface area contributed by atoms with E-state index in [1.165, 1.54) is 17.0 Å². The summed E-state index contributed by atoms with van der Waals surface area (Å²) in [6.07, 6.45) is 0.923. The molecule has 3 fully saturated rings. The first kappa shape index (κ1) is 13.8. The minimum absolute atomic E-state index is 0.0601. The number of hydrogen-bond donors (Lipinski definition) is 1. The number of benzene rings is 1. The van der Waals surface area contributed by atoms with Crippen LogP contribution in [0.25, 0.3) is 0 Å². The molecule has 6 heteroatoms. The van der Waals surface area contributed by atoms with Crippen LogP contribution >= 0.6 is 31.9 Å². The predicted octanol–water partition coefficient (Wildman–Crippen LogP) is 2.67. The molecule has 1 N–H and O–H groups in total. The number of phenolic OH excluding ortho intramolecular Hbond substituents is 1. The lowest BCUT2D eigenvalue weighted by Gasteiger charge is -2.28. The van der Waals surface area contributed by atoms with Gasteiger partial charge in [-0.15, -0.1) is 0 Å². The van der Waals surface area contributed by atoms with Gasteiger partial charge < -0.3 is 5.11 Å². The maximum Gasteiger partial charge on any atom is 0.238 e. The average molecular weight is 415 g/mol. The molecule has 110 valence electrons. The van der Waals surface area contributed by atoms with E-state index in [-0.39, 0.29) is 50.9 Å². The zero-order chi connectivity index (χ0) is 14.9. The maximum absolute atomic E-state index is 12.7. The molecule has 0 unspecified atom stereocenters. The van der Waals surface area contributed by atoms with Crippen molar-refractivity contribution in [3.63, 3.8) is 0 Å². The molecule has 0 aromatic heterocycles. The number of amides is 2. The van der Waals surface area contributed by atoms with Crippen molar-refractivity contribution < 1.29 is 14.7 Å². The zero-order valence-electron chi connectivity index (χ0n) is 10.9. The van der Waals surface area contributed by atoms with Crippen LogP contribution in [0.5, 0.6) is 5.75 Å². The Kier molecular flexibility index (Phi) is 2.99. The highest BCUT2D eigenvalue weighted by molar-refractivity contribution is 9.12. The first-order valence-electron chi connectivity index (χ1n) is 6.95. The summed E-state index contributed by atoms with van der Waals surface area (Å²) in [5.74, 6) is -0.193. The number of phenols is 1. The van der Waals surface area contributed by atoms with Crippen LogP contribution < -0.4 is 4.90 Å². The van der Waals surface area contributed by atoms with Gasteiger partial charge in [0.2, 0.25) is 11.8 Å². The Morgan fingerprint density at radius 3 is 2.14 bits per heavy atom. The second kappa shape index (κ2) is 4.56. The van der Waals surface area contributed by atoms with Crippen LogP contribution in [0, 0.1) is 23.7 Å². The number of carbonyl (C=O) groups excluding carboxylic acids is 2. The third-order valence-corrected chi connectivity index (χ3v) is 8.28. The fraction of sp³-hybridized carbons (Fsp3) is 0.467. The molecule has 6 atom stereocenters. The van der Waals surface area contributed by atoms with Gasteiger partial charge in [-0.3, -0.25) is 9.59 Å². The van der Waals surface area contributed by atoms with Crippen LogP contribution in [-0.2, 0) is 9.59 Å². The minimum Gasteiger partial charge on any atom is -0.508 e. The molecule has 2 saturated carbocycles. The summed E-state index contributed by atoms with van der Waals surface area (Å²) in [5.41, 5.74) is 0.469. The molecule has 21 heavy (non-hydrogen) atoms. The topological polar surface area (TPSA) is 57.6 Å². The van der Waals surface area contributed by atoms with Gasteiger partial charge in [-0.2, -0.15) is 0 Å². The van der Waals surface area contributed by atoms with Crippen LogP contribution in [0.1, 0.15) is 6.42 Å². The van der Waals surface area contributed by atoms with Crippen molar-refractivity contribution >= 4 is 49.4 Å². The fourth-order valence-corrected chi connectivity index (χ4v) is 6.11. The molecule has 2 bridgehead atoms. The van der Waals surface area contributed by atoms with Crippen molar-refractivity contribution in [2.75, 3.05) is 4.90 Å². The smallest absolute Gasteiger partial charge is 0.238 e. The lowest BCUT2D eigenvalue weighted by molar-refractivity contribution is -0.123. The van der Waals surface area contributed by atoms with Crippen LogP contribution in [0.2, 0.25) is 0 Å². The summed E-state index contributed by atoms with van der Waals surface area (Å²) < 4.78 is 0. The molecule has 1 aromatic carbocycles. The van der Waals surface area contributed by atoms with Crippen LogP contribution in [0.15, 0.2) is 24.3 Å². The Balaban J connectivity index is 1.75. The van der Waals surface area contributed by atoms with Gasteiger partial charge in [0.15, 0.2) is 0 Å². The highest BCUT2D eigenvalue weighted by Gasteiger charge is 2.66.